The third-order valence-corrected chi connectivity index (χ3v) is 12.6. The van der Waals surface area contributed by atoms with Gasteiger partial charge in [0, 0.05) is 67.7 Å². The molecule has 0 aliphatic carbocycles. The monoisotopic (exact) mass is 957 g/mol. The van der Waals surface area contributed by atoms with Gasteiger partial charge in [-0.05, 0) is 98.3 Å². The maximum atomic E-state index is 15.2. The summed E-state index contributed by atoms with van der Waals surface area (Å²) >= 11 is 7.28. The highest BCUT2D eigenvalue weighted by atomic mass is 35.5. The number of aliphatic hydroxyl groups is 1. The van der Waals surface area contributed by atoms with E-state index >= 15 is 4.39 Å². The largest absolute Gasteiger partial charge is 0.496 e. The minimum absolute atomic E-state index is 0.0621. The molecule has 69 heavy (non-hydrogen) atoms. The lowest BCUT2D eigenvalue weighted by atomic mass is 9.95. The van der Waals surface area contributed by atoms with Crippen molar-refractivity contribution < 1.29 is 38.0 Å². The summed E-state index contributed by atoms with van der Waals surface area (Å²) in [4.78, 5) is 34.4. The molecule has 18 heteroatoms. The predicted molar refractivity (Wildman–Crippen MR) is 262 cm³/mol. The van der Waals surface area contributed by atoms with E-state index < -0.39 is 30.5 Å². The number of methoxy groups -OCH3 is 1. The van der Waals surface area contributed by atoms with E-state index in [0.717, 1.165) is 54.4 Å². The van der Waals surface area contributed by atoms with E-state index in [9.17, 15) is 9.90 Å². The van der Waals surface area contributed by atoms with Crippen LogP contribution in [0.2, 0.25) is 5.02 Å². The van der Waals surface area contributed by atoms with Crippen LogP contribution in [0.25, 0.3) is 49.2 Å². The van der Waals surface area contributed by atoms with E-state index in [1.54, 1.807) is 44.1 Å². The zero-order valence-corrected chi connectivity index (χ0v) is 39.7. The number of hydrogen-bond donors (Lipinski definition) is 2. The zero-order chi connectivity index (χ0) is 48.2. The molecule has 3 unspecified atom stereocenters. The Hall–Kier alpha value is -6.73. The van der Waals surface area contributed by atoms with E-state index in [1.807, 2.05) is 66.9 Å². The van der Waals surface area contributed by atoms with Gasteiger partial charge in [-0.3, -0.25) is 14.5 Å². The third-order valence-electron chi connectivity index (χ3n) is 12.2. The Morgan fingerprint density at radius 3 is 2.46 bits per heavy atom. The van der Waals surface area contributed by atoms with Crippen LogP contribution in [0, 0.1) is 5.82 Å². The number of nitrogens with zero attached hydrogens (tertiary/aromatic N) is 8. The first-order valence-corrected chi connectivity index (χ1v) is 23.0. The van der Waals surface area contributed by atoms with Crippen LogP contribution in [-0.2, 0) is 27.3 Å². The molecular formula is C51H53ClFN9O7. The van der Waals surface area contributed by atoms with Crippen molar-refractivity contribution in [3.8, 4) is 28.6 Å². The number of nitrogens with one attached hydrogen (secondary N) is 1. The molecule has 8 aromatic rings. The lowest BCUT2D eigenvalue weighted by molar-refractivity contribution is -0.258. The quantitative estimate of drug-likeness (QED) is 0.0497. The first-order valence-electron chi connectivity index (χ1n) is 22.6. The number of aliphatic hydroxyl groups excluding tert-OH is 1. The Morgan fingerprint density at radius 1 is 0.899 bits per heavy atom. The highest BCUT2D eigenvalue weighted by Crippen LogP contribution is 2.45. The molecule has 1 fully saturated rings. The van der Waals surface area contributed by atoms with Crippen molar-refractivity contribution in [1.82, 2.24) is 39.3 Å². The molecule has 4 heterocycles. The molecule has 9 rings (SSSR count). The molecule has 0 spiro atoms. The van der Waals surface area contributed by atoms with Crippen LogP contribution in [-0.4, -0.2) is 137 Å². The fourth-order valence-corrected chi connectivity index (χ4v) is 8.92. The molecule has 0 amide bonds. The summed E-state index contributed by atoms with van der Waals surface area (Å²) in [5, 5.41) is 22.9. The van der Waals surface area contributed by atoms with Crippen LogP contribution in [0.3, 0.4) is 0 Å². The number of esters is 1. The molecule has 1 saturated heterocycles. The standard InChI is InChI=1S/C51H53ClFN9O7/c1-31(69-51(64)59(2)3)68-50(63)40(26-32-10-6-8-12-41(32)67-29-34-18-19-54-48(57-34)36-11-7-9-13-42(36)65-5)58-49-47-45-37-16-17-43(66-25-24-61-22-20-60(4)21-23-61)46(52)44(37)38-27-33(53)14-15-35(38)39(45)28-62(47)56-30-55-49/h6-19,27-28,30-31,40,51,64H,20-26,29H2,1-5H3,(H,55,56,58). The van der Waals surface area contributed by atoms with Crippen LogP contribution >= 0.6 is 11.6 Å². The Balaban J connectivity index is 1.07. The summed E-state index contributed by atoms with van der Waals surface area (Å²) < 4.78 is 46.5. The van der Waals surface area contributed by atoms with Crippen LogP contribution in [0.5, 0.6) is 17.2 Å². The minimum Gasteiger partial charge on any atom is -0.496 e. The number of benzene rings is 5. The molecule has 0 bridgehead atoms. The molecule has 1 aliphatic heterocycles. The topological polar surface area (TPSA) is 161 Å². The van der Waals surface area contributed by atoms with Crippen LogP contribution in [0.1, 0.15) is 18.2 Å². The number of anilines is 1. The normalized spacial score (nSPS) is 14.9. The lowest BCUT2D eigenvalue weighted by Gasteiger charge is -2.32. The fraction of sp³-hybridized carbons (Fsp3) is 0.314. The van der Waals surface area contributed by atoms with Crippen molar-refractivity contribution in [2.75, 3.05) is 72.9 Å². The molecule has 358 valence electrons. The van der Waals surface area contributed by atoms with E-state index in [2.05, 4.69) is 32.2 Å². The van der Waals surface area contributed by atoms with Crippen molar-refractivity contribution in [3.63, 3.8) is 0 Å². The lowest BCUT2D eigenvalue weighted by Crippen LogP contribution is -2.45. The Kier molecular flexibility index (Phi) is 14.3. The van der Waals surface area contributed by atoms with Gasteiger partial charge in [0.05, 0.1) is 23.4 Å². The van der Waals surface area contributed by atoms with Gasteiger partial charge in [0.2, 0.25) is 12.7 Å². The van der Waals surface area contributed by atoms with Gasteiger partial charge in [0.15, 0.2) is 11.6 Å². The number of halogens is 2. The molecule has 2 N–H and O–H groups in total. The van der Waals surface area contributed by atoms with Gasteiger partial charge < -0.3 is 34.3 Å². The van der Waals surface area contributed by atoms with Crippen molar-refractivity contribution in [3.05, 3.63) is 126 Å². The second-order valence-electron chi connectivity index (χ2n) is 17.1. The molecule has 1 aliphatic rings. The van der Waals surface area contributed by atoms with Gasteiger partial charge in [-0.25, -0.2) is 28.7 Å². The van der Waals surface area contributed by atoms with Gasteiger partial charge in [-0.2, -0.15) is 5.10 Å². The summed E-state index contributed by atoms with van der Waals surface area (Å²) in [7, 11) is 6.98. The number of carbonyl (C=O) groups is 1. The van der Waals surface area contributed by atoms with Gasteiger partial charge >= 0.3 is 5.97 Å². The van der Waals surface area contributed by atoms with Gasteiger partial charge in [-0.1, -0.05) is 48.0 Å². The number of carbonyl (C=O) groups excluding carboxylic acids is 1. The second kappa shape index (κ2) is 20.9. The molecule has 0 radical (unpaired) electrons. The summed E-state index contributed by atoms with van der Waals surface area (Å²) in [6, 6.07) is 23.9. The molecule has 3 aromatic heterocycles. The maximum absolute atomic E-state index is 15.2. The van der Waals surface area contributed by atoms with Gasteiger partial charge in [0.25, 0.3) is 0 Å². The Bertz CT molecular complexity index is 3130. The van der Waals surface area contributed by atoms with E-state index in [4.69, 9.17) is 45.3 Å². The van der Waals surface area contributed by atoms with E-state index in [1.165, 1.54) is 30.3 Å². The predicted octanol–water partition coefficient (Wildman–Crippen LogP) is 7.42. The first-order chi connectivity index (χ1) is 33.4. The van der Waals surface area contributed by atoms with Crippen LogP contribution in [0.4, 0.5) is 10.2 Å². The smallest absolute Gasteiger partial charge is 0.331 e. The number of hydrogen-bond acceptors (Lipinski definition) is 15. The van der Waals surface area contributed by atoms with Crippen LogP contribution < -0.4 is 19.5 Å². The molecule has 3 atom stereocenters. The zero-order valence-electron chi connectivity index (χ0n) is 38.9. The number of ether oxygens (including phenoxy) is 5. The number of aromatic nitrogens is 5. The number of piperazine rings is 1. The summed E-state index contributed by atoms with van der Waals surface area (Å²) in [6.07, 6.45) is 2.49. The average Bonchev–Trinajstić information content (AvgIpc) is 3.75. The SMILES string of the molecule is COc1ccccc1-c1nccc(COc2ccccc2CC(Nc2ncnn3cc4c5ccc(F)cc5c5c(Cl)c(OCCN6CCN(C)CC6)ccc5c4c23)C(=O)OC(C)OC(O)N(C)C)n1. The minimum atomic E-state index is -1.33. The van der Waals surface area contributed by atoms with Gasteiger partial charge in [0.1, 0.15) is 54.2 Å². The van der Waals surface area contributed by atoms with E-state index in [-0.39, 0.29) is 13.0 Å². The van der Waals surface area contributed by atoms with Gasteiger partial charge in [-0.15, -0.1) is 0 Å². The number of para-hydroxylation sites is 2. The molecule has 0 saturated carbocycles. The Morgan fingerprint density at radius 2 is 1.67 bits per heavy atom. The van der Waals surface area contributed by atoms with Crippen molar-refractivity contribution in [1.29, 1.82) is 0 Å². The molecule has 16 nitrogen and oxygen atoms in total. The summed E-state index contributed by atoms with van der Waals surface area (Å²) in [5.74, 6) is 1.31. The fourth-order valence-electron chi connectivity index (χ4n) is 8.59. The first kappa shape index (κ1) is 47.3. The summed E-state index contributed by atoms with van der Waals surface area (Å²) in [6.45, 7) is 6.68. The average molecular weight is 958 g/mol. The molecule has 5 aromatic carbocycles. The second-order valence-corrected chi connectivity index (χ2v) is 17.5. The number of rotatable bonds is 18. The van der Waals surface area contributed by atoms with Crippen molar-refractivity contribution >= 4 is 61.2 Å². The highest BCUT2D eigenvalue weighted by molar-refractivity contribution is 6.43. The Labute approximate surface area is 403 Å². The van der Waals surface area contributed by atoms with Crippen LogP contribution in [0.15, 0.2) is 104 Å². The third kappa shape index (κ3) is 10.3. The van der Waals surface area contributed by atoms with Crippen molar-refractivity contribution in [2.24, 2.45) is 0 Å². The number of fused-ring (bicyclic) bond motifs is 8. The highest BCUT2D eigenvalue weighted by Gasteiger charge is 2.29. The van der Waals surface area contributed by atoms with E-state index in [0.29, 0.717) is 73.5 Å². The molecular weight excluding hydrogens is 905 g/mol. The maximum Gasteiger partial charge on any atom is 0.331 e. The number of likely N-dealkylation sites (N-methyl/N-ethyl adjacent to an activating group) is 1. The van der Waals surface area contributed by atoms with Crippen molar-refractivity contribution in [2.45, 2.75) is 38.7 Å². The summed E-state index contributed by atoms with van der Waals surface area (Å²) in [5.41, 5.74) is 2.57.